The Balaban J connectivity index is 2.02. The lowest BCUT2D eigenvalue weighted by molar-refractivity contribution is -0.772. The number of anilines is 1. The van der Waals surface area contributed by atoms with Crippen molar-refractivity contribution in [3.8, 4) is 0 Å². The number of nitrogens with two attached hydrogens (primary N) is 1. The average Bonchev–Trinajstić information content (AvgIpc) is 2.79. The number of aromatic nitrogens is 2. The van der Waals surface area contributed by atoms with E-state index in [0.29, 0.717) is 16.3 Å². The van der Waals surface area contributed by atoms with Gasteiger partial charge in [0.1, 0.15) is 0 Å². The molecule has 1 atom stereocenters. The summed E-state index contributed by atoms with van der Waals surface area (Å²) in [7, 11) is 1.61. The van der Waals surface area contributed by atoms with Crippen LogP contribution in [0, 0.1) is 0 Å². The van der Waals surface area contributed by atoms with Crippen LogP contribution in [0.3, 0.4) is 0 Å². The second-order valence-electron chi connectivity index (χ2n) is 4.54. The monoisotopic (exact) mass is 323 g/mol. The lowest BCUT2D eigenvalue weighted by Crippen LogP contribution is -2.35. The van der Waals surface area contributed by atoms with Gasteiger partial charge in [-0.2, -0.15) is 0 Å². The fourth-order valence-electron chi connectivity index (χ4n) is 1.64. The number of H-pyrrole nitrogens is 1. The van der Waals surface area contributed by atoms with E-state index < -0.39 is 16.8 Å². The molecule has 0 saturated carbocycles. The second-order valence-corrected chi connectivity index (χ2v) is 5.87. The third-order valence-corrected chi connectivity index (χ3v) is 4.08. The van der Waals surface area contributed by atoms with Crippen LogP contribution in [0.1, 0.15) is 17.3 Å². The van der Waals surface area contributed by atoms with Crippen LogP contribution in [-0.4, -0.2) is 22.3 Å². The molecule has 9 heteroatoms. The SMILES string of the molecule is CC(Sc1c(=O)o[nH][n+]1C)C(=O)Nc1ccc(C(N)=O)cc1. The number of primary amides is 1. The molecule has 22 heavy (non-hydrogen) atoms. The molecule has 2 rings (SSSR count). The summed E-state index contributed by atoms with van der Waals surface area (Å²) in [5.41, 5.74) is 5.51. The molecular weight excluding hydrogens is 308 g/mol. The minimum Gasteiger partial charge on any atom is -0.366 e. The maximum Gasteiger partial charge on any atom is 0.441 e. The van der Waals surface area contributed by atoms with Crippen LogP contribution in [0.5, 0.6) is 0 Å². The van der Waals surface area contributed by atoms with Crippen molar-refractivity contribution in [3.63, 3.8) is 0 Å². The molecule has 116 valence electrons. The molecule has 1 aromatic heterocycles. The van der Waals surface area contributed by atoms with Crippen LogP contribution in [0.2, 0.25) is 0 Å². The normalized spacial score (nSPS) is 11.9. The minimum absolute atomic E-state index is 0.280. The molecule has 4 N–H and O–H groups in total. The molecule has 0 bridgehead atoms. The summed E-state index contributed by atoms with van der Waals surface area (Å²) < 4.78 is 6.02. The Kier molecular flexibility index (Phi) is 4.66. The number of nitrogens with one attached hydrogen (secondary N) is 2. The number of benzene rings is 1. The largest absolute Gasteiger partial charge is 0.441 e. The van der Waals surface area contributed by atoms with Gasteiger partial charge in [-0.15, -0.1) is 0 Å². The van der Waals surface area contributed by atoms with Gasteiger partial charge in [-0.1, -0.05) is 4.68 Å². The predicted molar refractivity (Wildman–Crippen MR) is 79.4 cm³/mol. The van der Waals surface area contributed by atoms with Gasteiger partial charge < -0.3 is 11.1 Å². The summed E-state index contributed by atoms with van der Waals surface area (Å²) in [4.78, 5) is 34.5. The Labute approximate surface area is 129 Å². The molecule has 2 amide bonds. The number of amides is 2. The molecule has 0 saturated heterocycles. The number of carbonyl (C=O) groups excluding carboxylic acids is 2. The molecule has 1 aromatic carbocycles. The van der Waals surface area contributed by atoms with Crippen molar-refractivity contribution < 1.29 is 18.8 Å². The van der Waals surface area contributed by atoms with Crippen LogP contribution in [0.25, 0.3) is 0 Å². The quantitative estimate of drug-likeness (QED) is 0.528. The standard InChI is InChI=1S/C13H14N4O4S/c1-7(22-12-13(20)21-16-17(12)2)11(19)15-9-5-3-8(4-6-9)10(14)18/h3-7H,1-2H3,(H3-,14,15,16,18,19,20)/p+1. The molecule has 0 aliphatic carbocycles. The van der Waals surface area contributed by atoms with Gasteiger partial charge in [-0.25, -0.2) is 4.79 Å². The Bertz CT molecular complexity index is 750. The molecular formula is C13H15N4O4S+. The predicted octanol–water partition coefficient (Wildman–Crippen LogP) is 0.0106. The number of aryl methyl sites for hydroxylation is 1. The summed E-state index contributed by atoms with van der Waals surface area (Å²) in [6.45, 7) is 1.67. The first kappa shape index (κ1) is 15.8. The van der Waals surface area contributed by atoms with Gasteiger partial charge in [0.2, 0.25) is 11.8 Å². The van der Waals surface area contributed by atoms with Crippen LogP contribution >= 0.6 is 11.8 Å². The van der Waals surface area contributed by atoms with Crippen molar-refractivity contribution in [2.24, 2.45) is 12.8 Å². The van der Waals surface area contributed by atoms with Crippen molar-refractivity contribution in [2.75, 3.05) is 5.32 Å². The highest BCUT2D eigenvalue weighted by molar-refractivity contribution is 8.00. The summed E-state index contributed by atoms with van der Waals surface area (Å²) in [5.74, 6) is -0.814. The Morgan fingerprint density at radius 3 is 2.50 bits per heavy atom. The third-order valence-electron chi connectivity index (χ3n) is 2.85. The molecule has 0 spiro atoms. The molecule has 0 radical (unpaired) electrons. The average molecular weight is 323 g/mol. The number of carbonyl (C=O) groups is 2. The molecule has 1 unspecified atom stereocenters. The molecule has 2 aromatic rings. The van der Waals surface area contributed by atoms with E-state index in [1.54, 1.807) is 26.1 Å². The van der Waals surface area contributed by atoms with Crippen LogP contribution in [0.15, 0.2) is 38.6 Å². The van der Waals surface area contributed by atoms with E-state index in [-0.39, 0.29) is 5.91 Å². The number of hydrogen-bond acceptors (Lipinski definition) is 5. The van der Waals surface area contributed by atoms with Crippen molar-refractivity contribution >= 4 is 29.3 Å². The van der Waals surface area contributed by atoms with Gasteiger partial charge in [-0.05, 0) is 48.2 Å². The second kappa shape index (κ2) is 6.48. The zero-order valence-corrected chi connectivity index (χ0v) is 12.8. The van der Waals surface area contributed by atoms with E-state index in [1.807, 2.05) is 0 Å². The van der Waals surface area contributed by atoms with E-state index in [4.69, 9.17) is 5.73 Å². The molecule has 0 aliphatic heterocycles. The number of nitrogens with zero attached hydrogens (tertiary/aromatic N) is 1. The molecule has 0 aliphatic rings. The van der Waals surface area contributed by atoms with Crippen LogP contribution in [0.4, 0.5) is 5.69 Å². The Hall–Kier alpha value is -2.55. The van der Waals surface area contributed by atoms with Gasteiger partial charge in [0.25, 0.3) is 0 Å². The maximum atomic E-state index is 12.1. The number of hydrogen-bond donors (Lipinski definition) is 3. The first-order valence-electron chi connectivity index (χ1n) is 6.33. The third kappa shape index (κ3) is 3.55. The summed E-state index contributed by atoms with van der Waals surface area (Å²) in [5, 5.41) is 4.86. The lowest BCUT2D eigenvalue weighted by Gasteiger charge is -2.09. The number of rotatable bonds is 5. The van der Waals surface area contributed by atoms with Crippen molar-refractivity contribution in [3.05, 3.63) is 40.2 Å². The van der Waals surface area contributed by atoms with E-state index in [1.165, 1.54) is 16.8 Å². The highest BCUT2D eigenvalue weighted by Gasteiger charge is 2.25. The number of aromatic amines is 1. The topological polar surface area (TPSA) is 122 Å². The van der Waals surface area contributed by atoms with Crippen molar-refractivity contribution in [2.45, 2.75) is 17.2 Å². The fraction of sp³-hybridized carbons (Fsp3) is 0.231. The van der Waals surface area contributed by atoms with Gasteiger partial charge in [0, 0.05) is 11.3 Å². The summed E-state index contributed by atoms with van der Waals surface area (Å²) in [6.07, 6.45) is 0. The molecule has 1 heterocycles. The van der Waals surface area contributed by atoms with Crippen molar-refractivity contribution in [1.82, 2.24) is 5.27 Å². The first-order valence-corrected chi connectivity index (χ1v) is 7.21. The highest BCUT2D eigenvalue weighted by atomic mass is 32.2. The maximum absolute atomic E-state index is 12.1. The van der Waals surface area contributed by atoms with Crippen LogP contribution < -0.4 is 21.4 Å². The Morgan fingerprint density at radius 1 is 1.36 bits per heavy atom. The molecule has 0 fully saturated rings. The van der Waals surface area contributed by atoms with E-state index in [9.17, 15) is 14.4 Å². The van der Waals surface area contributed by atoms with E-state index >= 15 is 0 Å². The van der Waals surface area contributed by atoms with E-state index in [0.717, 1.165) is 11.8 Å². The Morgan fingerprint density at radius 2 is 2.00 bits per heavy atom. The van der Waals surface area contributed by atoms with Gasteiger partial charge in [-0.3, -0.25) is 14.1 Å². The zero-order chi connectivity index (χ0) is 16.3. The summed E-state index contributed by atoms with van der Waals surface area (Å²) in [6, 6.07) is 6.22. The van der Waals surface area contributed by atoms with Gasteiger partial charge in [0.15, 0.2) is 7.05 Å². The zero-order valence-electron chi connectivity index (χ0n) is 12.0. The van der Waals surface area contributed by atoms with E-state index in [2.05, 4.69) is 15.1 Å². The summed E-state index contributed by atoms with van der Waals surface area (Å²) >= 11 is 1.08. The fourth-order valence-corrected chi connectivity index (χ4v) is 2.48. The smallest absolute Gasteiger partial charge is 0.366 e. The first-order chi connectivity index (χ1) is 10.4. The lowest BCUT2D eigenvalue weighted by atomic mass is 10.2. The minimum atomic E-state index is -0.534. The van der Waals surface area contributed by atoms with Crippen LogP contribution in [-0.2, 0) is 11.8 Å². The van der Waals surface area contributed by atoms with Gasteiger partial charge >= 0.3 is 10.7 Å². The highest BCUT2D eigenvalue weighted by Crippen LogP contribution is 2.18. The van der Waals surface area contributed by atoms with Gasteiger partial charge in [0.05, 0.1) is 5.25 Å². The number of thioether (sulfide) groups is 1. The van der Waals surface area contributed by atoms with Crippen molar-refractivity contribution in [1.29, 1.82) is 0 Å². The molecule has 8 nitrogen and oxygen atoms in total.